The lowest BCUT2D eigenvalue weighted by atomic mass is 10.1. The lowest BCUT2D eigenvalue weighted by Gasteiger charge is -2.08. The number of carbonyl (C=O) groups is 2. The molecule has 21 heavy (non-hydrogen) atoms. The zero-order chi connectivity index (χ0) is 15.4. The van der Waals surface area contributed by atoms with E-state index in [2.05, 4.69) is 0 Å². The summed E-state index contributed by atoms with van der Waals surface area (Å²) in [6, 6.07) is 10.8. The van der Waals surface area contributed by atoms with Gasteiger partial charge in [0.15, 0.2) is 0 Å². The predicted molar refractivity (Wildman–Crippen MR) is 78.4 cm³/mol. The molecule has 108 valence electrons. The molecule has 0 aromatic heterocycles. The maximum Gasteiger partial charge on any atom is 0.342 e. The first-order valence-electron chi connectivity index (χ1n) is 6.02. The van der Waals surface area contributed by atoms with Crippen molar-refractivity contribution in [2.75, 3.05) is 5.73 Å². The fourth-order valence-corrected chi connectivity index (χ4v) is 1.98. The summed E-state index contributed by atoms with van der Waals surface area (Å²) in [7, 11) is 0. The van der Waals surface area contributed by atoms with Crippen LogP contribution in [0.25, 0.3) is 0 Å². The van der Waals surface area contributed by atoms with Crippen molar-refractivity contribution in [3.63, 3.8) is 0 Å². The molecule has 2 rings (SSSR count). The molecular weight excluding hydrogens is 294 g/mol. The standard InChI is InChI=1S/C15H12ClNO4/c16-11-2-1-3-12(17)13(11)15(20)21-8-9-4-6-10(7-5-9)14(18)19/h1-7H,8,17H2,(H,18,19). The highest BCUT2D eigenvalue weighted by molar-refractivity contribution is 6.34. The van der Waals surface area contributed by atoms with Gasteiger partial charge in [-0.1, -0.05) is 29.8 Å². The number of rotatable bonds is 4. The van der Waals surface area contributed by atoms with Crippen molar-refractivity contribution < 1.29 is 19.4 Å². The number of anilines is 1. The molecule has 0 radical (unpaired) electrons. The fourth-order valence-electron chi connectivity index (χ4n) is 1.72. The molecular formula is C15H12ClNO4. The largest absolute Gasteiger partial charge is 0.478 e. The molecule has 0 atom stereocenters. The highest BCUT2D eigenvalue weighted by Crippen LogP contribution is 2.23. The summed E-state index contributed by atoms with van der Waals surface area (Å²) in [6.07, 6.45) is 0. The van der Waals surface area contributed by atoms with Crippen LogP contribution in [0.4, 0.5) is 5.69 Å². The molecule has 0 aliphatic rings. The Morgan fingerprint density at radius 1 is 1.14 bits per heavy atom. The van der Waals surface area contributed by atoms with Gasteiger partial charge in [0.1, 0.15) is 12.2 Å². The van der Waals surface area contributed by atoms with Crippen molar-refractivity contribution in [2.24, 2.45) is 0 Å². The summed E-state index contributed by atoms with van der Waals surface area (Å²) < 4.78 is 5.13. The first-order valence-corrected chi connectivity index (χ1v) is 6.40. The SMILES string of the molecule is Nc1cccc(Cl)c1C(=O)OCc1ccc(C(=O)O)cc1. The van der Waals surface area contributed by atoms with Gasteiger partial charge in [0.05, 0.1) is 10.6 Å². The molecule has 2 aromatic carbocycles. The maximum absolute atomic E-state index is 12.0. The van der Waals surface area contributed by atoms with Crippen LogP contribution in [0.15, 0.2) is 42.5 Å². The average Bonchev–Trinajstić information content (AvgIpc) is 2.45. The second-order valence-corrected chi connectivity index (χ2v) is 4.69. The number of nitrogens with two attached hydrogens (primary N) is 1. The van der Waals surface area contributed by atoms with E-state index in [0.29, 0.717) is 5.56 Å². The molecule has 0 aliphatic carbocycles. The number of halogens is 1. The Hall–Kier alpha value is -2.53. The van der Waals surface area contributed by atoms with Crippen LogP contribution in [-0.2, 0) is 11.3 Å². The Labute approximate surface area is 125 Å². The van der Waals surface area contributed by atoms with E-state index in [-0.39, 0.29) is 28.4 Å². The molecule has 3 N–H and O–H groups in total. The van der Waals surface area contributed by atoms with E-state index in [1.54, 1.807) is 30.3 Å². The monoisotopic (exact) mass is 305 g/mol. The Morgan fingerprint density at radius 3 is 2.38 bits per heavy atom. The van der Waals surface area contributed by atoms with Gasteiger partial charge in [-0.3, -0.25) is 0 Å². The number of benzene rings is 2. The van der Waals surface area contributed by atoms with Crippen LogP contribution in [0.1, 0.15) is 26.3 Å². The Kier molecular flexibility index (Phi) is 4.45. The molecule has 0 spiro atoms. The Balaban J connectivity index is 2.06. The summed E-state index contributed by atoms with van der Waals surface area (Å²) in [6.45, 7) is 0.00337. The van der Waals surface area contributed by atoms with Crippen molar-refractivity contribution in [3.05, 3.63) is 64.2 Å². The third-order valence-electron chi connectivity index (χ3n) is 2.82. The molecule has 0 fully saturated rings. The van der Waals surface area contributed by atoms with E-state index >= 15 is 0 Å². The highest BCUT2D eigenvalue weighted by Gasteiger charge is 2.15. The second-order valence-electron chi connectivity index (χ2n) is 4.28. The molecule has 0 unspecified atom stereocenters. The molecule has 0 amide bonds. The zero-order valence-electron chi connectivity index (χ0n) is 10.9. The van der Waals surface area contributed by atoms with Gasteiger partial charge in [0.25, 0.3) is 0 Å². The Morgan fingerprint density at radius 2 is 1.81 bits per heavy atom. The van der Waals surface area contributed by atoms with E-state index in [9.17, 15) is 9.59 Å². The Bertz CT molecular complexity index is 662. The lowest BCUT2D eigenvalue weighted by molar-refractivity contribution is 0.0473. The lowest BCUT2D eigenvalue weighted by Crippen LogP contribution is -2.09. The summed E-state index contributed by atoms with van der Waals surface area (Å²) in [5.74, 6) is -1.64. The first kappa shape index (κ1) is 14.9. The molecule has 6 heteroatoms. The molecule has 0 saturated carbocycles. The van der Waals surface area contributed by atoms with Crippen molar-refractivity contribution in [1.29, 1.82) is 0 Å². The summed E-state index contributed by atoms with van der Waals surface area (Å²) in [5.41, 5.74) is 6.90. The van der Waals surface area contributed by atoms with Crippen LogP contribution in [0.5, 0.6) is 0 Å². The summed E-state index contributed by atoms with van der Waals surface area (Å²) in [4.78, 5) is 22.7. The van der Waals surface area contributed by atoms with Crippen LogP contribution in [-0.4, -0.2) is 17.0 Å². The second kappa shape index (κ2) is 6.28. The molecule has 0 bridgehead atoms. The minimum absolute atomic E-state index is 0.00337. The van der Waals surface area contributed by atoms with Crippen LogP contribution in [0.3, 0.4) is 0 Å². The van der Waals surface area contributed by atoms with Gasteiger partial charge in [-0.05, 0) is 29.8 Å². The fraction of sp³-hybridized carbons (Fsp3) is 0.0667. The average molecular weight is 306 g/mol. The summed E-state index contributed by atoms with van der Waals surface area (Å²) >= 11 is 5.92. The van der Waals surface area contributed by atoms with Gasteiger partial charge in [-0.15, -0.1) is 0 Å². The third-order valence-corrected chi connectivity index (χ3v) is 3.14. The van der Waals surface area contributed by atoms with E-state index in [0.717, 1.165) is 0 Å². The van der Waals surface area contributed by atoms with E-state index < -0.39 is 11.9 Å². The van der Waals surface area contributed by atoms with Gasteiger partial charge < -0.3 is 15.6 Å². The number of carboxylic acid groups (broad SMARTS) is 1. The number of carbonyl (C=O) groups excluding carboxylic acids is 1. The number of esters is 1. The van der Waals surface area contributed by atoms with Gasteiger partial charge in [0, 0.05) is 5.69 Å². The van der Waals surface area contributed by atoms with Crippen LogP contribution in [0.2, 0.25) is 5.02 Å². The zero-order valence-corrected chi connectivity index (χ0v) is 11.6. The number of hydrogen-bond donors (Lipinski definition) is 2. The topological polar surface area (TPSA) is 89.6 Å². The number of ether oxygens (including phenoxy) is 1. The quantitative estimate of drug-likeness (QED) is 0.669. The predicted octanol–water partition coefficient (Wildman–Crippen LogP) is 2.98. The van der Waals surface area contributed by atoms with Crippen LogP contribution in [0, 0.1) is 0 Å². The first-order chi connectivity index (χ1) is 9.99. The van der Waals surface area contributed by atoms with Crippen molar-refractivity contribution in [2.45, 2.75) is 6.61 Å². The minimum Gasteiger partial charge on any atom is -0.478 e. The minimum atomic E-state index is -1.01. The number of carboxylic acids is 1. The van der Waals surface area contributed by atoms with Gasteiger partial charge >= 0.3 is 11.9 Å². The normalized spacial score (nSPS) is 10.1. The maximum atomic E-state index is 12.0. The van der Waals surface area contributed by atoms with E-state index in [4.69, 9.17) is 27.2 Å². The molecule has 0 aliphatic heterocycles. The number of aromatic carboxylic acids is 1. The molecule has 5 nitrogen and oxygen atoms in total. The number of nitrogen functional groups attached to an aromatic ring is 1. The third kappa shape index (κ3) is 3.52. The molecule has 2 aromatic rings. The summed E-state index contributed by atoms with van der Waals surface area (Å²) in [5, 5.41) is 9.01. The van der Waals surface area contributed by atoms with Gasteiger partial charge in [0.2, 0.25) is 0 Å². The van der Waals surface area contributed by atoms with E-state index in [1.165, 1.54) is 12.1 Å². The van der Waals surface area contributed by atoms with E-state index in [1.807, 2.05) is 0 Å². The smallest absolute Gasteiger partial charge is 0.342 e. The van der Waals surface area contributed by atoms with Crippen LogP contribution < -0.4 is 5.73 Å². The van der Waals surface area contributed by atoms with Crippen LogP contribution >= 0.6 is 11.6 Å². The van der Waals surface area contributed by atoms with Crippen molar-refractivity contribution in [1.82, 2.24) is 0 Å². The van der Waals surface area contributed by atoms with Crippen molar-refractivity contribution in [3.8, 4) is 0 Å². The highest BCUT2D eigenvalue weighted by atomic mass is 35.5. The van der Waals surface area contributed by atoms with Gasteiger partial charge in [-0.25, -0.2) is 9.59 Å². The van der Waals surface area contributed by atoms with Gasteiger partial charge in [-0.2, -0.15) is 0 Å². The van der Waals surface area contributed by atoms with Crippen molar-refractivity contribution >= 4 is 29.2 Å². The number of hydrogen-bond acceptors (Lipinski definition) is 4. The molecule has 0 heterocycles. The molecule has 0 saturated heterocycles.